The number of aromatic nitrogens is 2. The van der Waals surface area contributed by atoms with Crippen molar-refractivity contribution in [2.24, 2.45) is 5.92 Å². The normalized spacial score (nSPS) is 16.3. The number of amides is 2. The molecule has 1 atom stereocenters. The lowest BCUT2D eigenvalue weighted by atomic mass is 9.89. The molecule has 1 aliphatic rings. The molecule has 7 nitrogen and oxygen atoms in total. The maximum Gasteiger partial charge on any atom is 0.263 e. The van der Waals surface area contributed by atoms with Gasteiger partial charge in [-0.1, -0.05) is 18.7 Å². The lowest BCUT2D eigenvalue weighted by Gasteiger charge is -2.23. The Morgan fingerprint density at radius 3 is 2.71 bits per heavy atom. The average molecular weight is 465 g/mol. The molecule has 9 heteroatoms. The van der Waals surface area contributed by atoms with Crippen molar-refractivity contribution >= 4 is 45.1 Å². The molecular formula is C22H32N4O3S2. The summed E-state index contributed by atoms with van der Waals surface area (Å²) < 4.78 is 1.66. The van der Waals surface area contributed by atoms with Crippen LogP contribution in [0, 0.1) is 5.92 Å². The van der Waals surface area contributed by atoms with Gasteiger partial charge in [0.1, 0.15) is 4.83 Å². The van der Waals surface area contributed by atoms with E-state index in [1.165, 1.54) is 27.1 Å². The van der Waals surface area contributed by atoms with Gasteiger partial charge in [-0.25, -0.2) is 4.98 Å². The number of thioether (sulfide) groups is 1. The molecule has 0 aliphatic heterocycles. The van der Waals surface area contributed by atoms with Crippen LogP contribution in [-0.2, 0) is 29.0 Å². The standard InChI is InChI=1S/C22H32N4O3S2/c1-7-26-20(29)18-14-9-8-13(2)10-15(14)31-19(18)23-21(26)30-12-17(28)25(6)11-16(27)24-22(3,4)5/h13H,7-12H2,1-6H3,(H,24,27). The van der Waals surface area contributed by atoms with Crippen molar-refractivity contribution in [2.45, 2.75) is 71.1 Å². The maximum atomic E-state index is 13.2. The van der Waals surface area contributed by atoms with E-state index in [9.17, 15) is 14.4 Å². The number of hydrogen-bond donors (Lipinski definition) is 1. The van der Waals surface area contributed by atoms with Crippen molar-refractivity contribution in [1.29, 1.82) is 0 Å². The number of aryl methyl sites for hydroxylation is 1. The highest BCUT2D eigenvalue weighted by Crippen LogP contribution is 2.36. The third-order valence-corrected chi connectivity index (χ3v) is 7.45. The highest BCUT2D eigenvalue weighted by molar-refractivity contribution is 7.99. The lowest BCUT2D eigenvalue weighted by molar-refractivity contribution is -0.133. The third kappa shape index (κ3) is 5.49. The van der Waals surface area contributed by atoms with E-state index < -0.39 is 0 Å². The minimum Gasteiger partial charge on any atom is -0.350 e. The van der Waals surface area contributed by atoms with Crippen molar-refractivity contribution in [2.75, 3.05) is 19.3 Å². The Bertz CT molecular complexity index is 1050. The Hall–Kier alpha value is -1.87. The van der Waals surface area contributed by atoms with Gasteiger partial charge in [-0.05, 0) is 58.4 Å². The second kappa shape index (κ2) is 9.32. The monoisotopic (exact) mass is 464 g/mol. The van der Waals surface area contributed by atoms with Gasteiger partial charge in [-0.3, -0.25) is 19.0 Å². The summed E-state index contributed by atoms with van der Waals surface area (Å²) in [7, 11) is 1.61. The van der Waals surface area contributed by atoms with Crippen LogP contribution in [0.25, 0.3) is 10.2 Å². The topological polar surface area (TPSA) is 84.3 Å². The molecule has 0 fully saturated rings. The molecule has 2 heterocycles. The fourth-order valence-electron chi connectivity index (χ4n) is 3.79. The summed E-state index contributed by atoms with van der Waals surface area (Å²) in [6, 6.07) is 0. The molecule has 0 radical (unpaired) electrons. The number of carbonyl (C=O) groups excluding carboxylic acids is 2. The van der Waals surface area contributed by atoms with Crippen molar-refractivity contribution in [3.05, 3.63) is 20.8 Å². The van der Waals surface area contributed by atoms with Gasteiger partial charge >= 0.3 is 0 Å². The number of likely N-dealkylation sites (N-methyl/N-ethyl adjacent to an activating group) is 1. The van der Waals surface area contributed by atoms with Crippen LogP contribution in [-0.4, -0.2) is 51.1 Å². The average Bonchev–Trinajstić information content (AvgIpc) is 3.01. The van der Waals surface area contributed by atoms with Gasteiger partial charge in [-0.2, -0.15) is 0 Å². The third-order valence-electron chi connectivity index (χ3n) is 5.34. The first-order chi connectivity index (χ1) is 14.5. The van der Waals surface area contributed by atoms with Gasteiger partial charge in [0.05, 0.1) is 17.7 Å². The van der Waals surface area contributed by atoms with Crippen molar-refractivity contribution < 1.29 is 9.59 Å². The molecule has 0 spiro atoms. The Kier molecular flexibility index (Phi) is 7.15. The highest BCUT2D eigenvalue weighted by atomic mass is 32.2. The summed E-state index contributed by atoms with van der Waals surface area (Å²) >= 11 is 2.88. The SMILES string of the molecule is CCn1c(SCC(=O)N(C)CC(=O)NC(C)(C)C)nc2sc3c(c2c1=O)CCC(C)C3. The molecule has 0 saturated heterocycles. The second-order valence-electron chi connectivity index (χ2n) is 9.31. The molecule has 1 N–H and O–H groups in total. The molecule has 2 aromatic heterocycles. The zero-order chi connectivity index (χ0) is 22.9. The molecule has 0 aromatic carbocycles. The smallest absolute Gasteiger partial charge is 0.263 e. The zero-order valence-corrected chi connectivity index (χ0v) is 20.8. The first-order valence-electron chi connectivity index (χ1n) is 10.7. The quantitative estimate of drug-likeness (QED) is 0.525. The van der Waals surface area contributed by atoms with Crippen LogP contribution >= 0.6 is 23.1 Å². The van der Waals surface area contributed by atoms with Crippen LogP contribution in [0.5, 0.6) is 0 Å². The Morgan fingerprint density at radius 1 is 1.35 bits per heavy atom. The summed E-state index contributed by atoms with van der Waals surface area (Å²) in [5.41, 5.74) is 0.826. The molecule has 2 amide bonds. The van der Waals surface area contributed by atoms with Crippen molar-refractivity contribution in [3.63, 3.8) is 0 Å². The minimum absolute atomic E-state index is 0.000457. The van der Waals surface area contributed by atoms with Crippen LogP contribution in [0.1, 0.15) is 51.5 Å². The maximum absolute atomic E-state index is 13.2. The molecular weight excluding hydrogens is 432 g/mol. The van der Waals surface area contributed by atoms with Crippen molar-refractivity contribution in [1.82, 2.24) is 19.8 Å². The summed E-state index contributed by atoms with van der Waals surface area (Å²) in [6.45, 7) is 10.4. The molecule has 0 bridgehead atoms. The van der Waals surface area contributed by atoms with Crippen LogP contribution in [0.15, 0.2) is 9.95 Å². The van der Waals surface area contributed by atoms with Crippen LogP contribution in [0.4, 0.5) is 0 Å². The molecule has 31 heavy (non-hydrogen) atoms. The molecule has 170 valence electrons. The summed E-state index contributed by atoms with van der Waals surface area (Å²) in [6.07, 6.45) is 3.04. The van der Waals surface area contributed by atoms with E-state index in [-0.39, 0.29) is 35.2 Å². The zero-order valence-electron chi connectivity index (χ0n) is 19.2. The number of fused-ring (bicyclic) bond motifs is 3. The van der Waals surface area contributed by atoms with Crippen LogP contribution < -0.4 is 10.9 Å². The fraction of sp³-hybridized carbons (Fsp3) is 0.636. The first-order valence-corrected chi connectivity index (χ1v) is 12.5. The minimum atomic E-state index is -0.343. The number of thiophene rings is 1. The predicted molar refractivity (Wildman–Crippen MR) is 127 cm³/mol. The number of nitrogens with one attached hydrogen (secondary N) is 1. The lowest BCUT2D eigenvalue weighted by Crippen LogP contribution is -2.46. The molecule has 2 aromatic rings. The van der Waals surface area contributed by atoms with E-state index in [0.717, 1.165) is 29.5 Å². The Balaban J connectivity index is 1.76. The predicted octanol–water partition coefficient (Wildman–Crippen LogP) is 3.07. The fourth-order valence-corrected chi connectivity index (χ4v) is 6.22. The summed E-state index contributed by atoms with van der Waals surface area (Å²) in [4.78, 5) is 46.1. The van der Waals surface area contributed by atoms with E-state index in [1.54, 1.807) is 23.0 Å². The molecule has 1 unspecified atom stereocenters. The van der Waals surface area contributed by atoms with E-state index in [0.29, 0.717) is 17.6 Å². The molecule has 0 saturated carbocycles. The van der Waals surface area contributed by atoms with E-state index in [4.69, 9.17) is 4.98 Å². The van der Waals surface area contributed by atoms with Gasteiger partial charge in [-0.15, -0.1) is 11.3 Å². The van der Waals surface area contributed by atoms with Gasteiger partial charge in [0.2, 0.25) is 11.8 Å². The second-order valence-corrected chi connectivity index (χ2v) is 11.3. The highest BCUT2D eigenvalue weighted by Gasteiger charge is 2.25. The molecule has 1 aliphatic carbocycles. The number of rotatable bonds is 6. The van der Waals surface area contributed by atoms with E-state index in [1.807, 2.05) is 27.7 Å². The summed E-state index contributed by atoms with van der Waals surface area (Å²) in [5, 5.41) is 4.18. The van der Waals surface area contributed by atoms with Gasteiger partial charge in [0.25, 0.3) is 5.56 Å². The first kappa shape index (κ1) is 23.8. The number of hydrogen-bond acceptors (Lipinski definition) is 6. The number of carbonyl (C=O) groups is 2. The Labute approximate surface area is 191 Å². The molecule has 3 rings (SSSR count). The largest absolute Gasteiger partial charge is 0.350 e. The van der Waals surface area contributed by atoms with Gasteiger partial charge < -0.3 is 10.2 Å². The van der Waals surface area contributed by atoms with Crippen LogP contribution in [0.2, 0.25) is 0 Å². The van der Waals surface area contributed by atoms with Gasteiger partial charge in [0.15, 0.2) is 5.16 Å². The van der Waals surface area contributed by atoms with E-state index >= 15 is 0 Å². The summed E-state index contributed by atoms with van der Waals surface area (Å²) in [5.74, 6) is 0.382. The van der Waals surface area contributed by atoms with E-state index in [2.05, 4.69) is 12.2 Å². The number of nitrogens with zero attached hydrogens (tertiary/aromatic N) is 3. The van der Waals surface area contributed by atoms with Crippen LogP contribution in [0.3, 0.4) is 0 Å². The van der Waals surface area contributed by atoms with Gasteiger partial charge in [0, 0.05) is 24.0 Å². The van der Waals surface area contributed by atoms with Crippen molar-refractivity contribution in [3.8, 4) is 0 Å². The Morgan fingerprint density at radius 2 is 2.06 bits per heavy atom.